The summed E-state index contributed by atoms with van der Waals surface area (Å²) in [6.45, 7) is 1.62. The van der Waals surface area contributed by atoms with Crippen LogP contribution in [0, 0.1) is 0 Å². The van der Waals surface area contributed by atoms with Gasteiger partial charge >= 0.3 is 15.2 Å². The number of rotatable bonds is 11. The molecule has 0 spiro atoms. The van der Waals surface area contributed by atoms with Crippen molar-refractivity contribution in [1.29, 1.82) is 0 Å². The summed E-state index contributed by atoms with van der Waals surface area (Å²) in [5, 5.41) is 0. The van der Waals surface area contributed by atoms with Gasteiger partial charge in [-0.25, -0.2) is 5.43 Å². The summed E-state index contributed by atoms with van der Waals surface area (Å²) in [6.07, 6.45) is 0.0347. The molecule has 0 aliphatic carbocycles. The maximum absolute atomic E-state index is 12.8. The molecule has 0 heterocycles. The van der Waals surface area contributed by atoms with Crippen molar-refractivity contribution in [2.24, 2.45) is 0 Å². The Balaban J connectivity index is 2.94. The molecular formula is C15H26N2O7P2. The van der Waals surface area contributed by atoms with E-state index >= 15 is 0 Å². The number of nitrogens with one attached hydrogen (secondary N) is 2. The second-order valence-electron chi connectivity index (χ2n) is 5.37. The summed E-state index contributed by atoms with van der Waals surface area (Å²) in [4.78, 5) is 12.2. The molecule has 11 heteroatoms. The molecule has 0 radical (unpaired) electrons. The van der Waals surface area contributed by atoms with E-state index in [1.807, 2.05) is 0 Å². The molecule has 0 aromatic heterocycles. The van der Waals surface area contributed by atoms with Gasteiger partial charge in [0, 0.05) is 34.0 Å². The first-order chi connectivity index (χ1) is 12.3. The van der Waals surface area contributed by atoms with Crippen molar-refractivity contribution in [2.45, 2.75) is 24.8 Å². The van der Waals surface area contributed by atoms with Gasteiger partial charge in [-0.1, -0.05) is 25.1 Å². The average Bonchev–Trinajstić information content (AvgIpc) is 2.69. The highest BCUT2D eigenvalue weighted by molar-refractivity contribution is 7.55. The molecule has 0 saturated carbocycles. The van der Waals surface area contributed by atoms with E-state index in [1.54, 1.807) is 37.3 Å². The van der Waals surface area contributed by atoms with Gasteiger partial charge in [0.2, 0.25) is 0 Å². The van der Waals surface area contributed by atoms with Crippen LogP contribution >= 0.6 is 15.2 Å². The molecule has 0 fully saturated rings. The van der Waals surface area contributed by atoms with Crippen molar-refractivity contribution in [3.05, 3.63) is 35.9 Å². The van der Waals surface area contributed by atoms with Gasteiger partial charge in [-0.15, -0.1) is 0 Å². The third-order valence-electron chi connectivity index (χ3n) is 3.89. The van der Waals surface area contributed by atoms with Crippen LogP contribution in [0.25, 0.3) is 0 Å². The van der Waals surface area contributed by atoms with Gasteiger partial charge in [-0.2, -0.15) is 0 Å². The Bertz CT molecular complexity index is 655. The predicted molar refractivity (Wildman–Crippen MR) is 98.2 cm³/mol. The van der Waals surface area contributed by atoms with Gasteiger partial charge in [-0.3, -0.25) is 19.4 Å². The summed E-state index contributed by atoms with van der Waals surface area (Å²) >= 11 is 0. The monoisotopic (exact) mass is 408 g/mol. The molecule has 1 aromatic carbocycles. The van der Waals surface area contributed by atoms with E-state index in [-0.39, 0.29) is 6.42 Å². The molecule has 1 amide bonds. The number of carbonyl (C=O) groups is 1. The highest BCUT2D eigenvalue weighted by Gasteiger charge is 2.40. The van der Waals surface area contributed by atoms with Crippen LogP contribution in [0.2, 0.25) is 0 Å². The highest BCUT2D eigenvalue weighted by atomic mass is 31.2. The van der Waals surface area contributed by atoms with E-state index < -0.39 is 32.5 Å². The van der Waals surface area contributed by atoms with Crippen LogP contribution in [0.3, 0.4) is 0 Å². The first-order valence-corrected chi connectivity index (χ1v) is 11.0. The number of amides is 1. The molecule has 2 atom stereocenters. The van der Waals surface area contributed by atoms with Gasteiger partial charge in [0.25, 0.3) is 5.91 Å². The second-order valence-corrected chi connectivity index (χ2v) is 10.5. The van der Waals surface area contributed by atoms with Crippen LogP contribution in [0.1, 0.15) is 23.7 Å². The van der Waals surface area contributed by atoms with Crippen LogP contribution in [0.4, 0.5) is 0 Å². The molecule has 0 bridgehead atoms. The van der Waals surface area contributed by atoms with E-state index in [4.69, 9.17) is 18.1 Å². The topological polar surface area (TPSA) is 112 Å². The summed E-state index contributed by atoms with van der Waals surface area (Å²) in [6, 6.07) is 8.48. The molecule has 0 aliphatic rings. The summed E-state index contributed by atoms with van der Waals surface area (Å²) in [5.74, 6) is -1.40. The quantitative estimate of drug-likeness (QED) is 0.425. The fraction of sp³-hybridized carbons (Fsp3) is 0.533. The molecule has 1 rings (SSSR count). The first kappa shape index (κ1) is 23.0. The lowest BCUT2D eigenvalue weighted by molar-refractivity contribution is 0.0927. The molecule has 2 N–H and O–H groups in total. The smallest absolute Gasteiger partial charge is 0.312 e. The van der Waals surface area contributed by atoms with E-state index in [1.165, 1.54) is 28.4 Å². The van der Waals surface area contributed by atoms with Crippen LogP contribution in [-0.4, -0.2) is 45.8 Å². The molecule has 148 valence electrons. The summed E-state index contributed by atoms with van der Waals surface area (Å²) in [5.41, 5.74) is 4.92. The van der Waals surface area contributed by atoms with E-state index in [2.05, 4.69) is 10.9 Å². The molecule has 0 aliphatic heterocycles. The Hall–Kier alpha value is -1.05. The normalized spacial score (nSPS) is 14.7. The lowest BCUT2D eigenvalue weighted by Crippen LogP contribution is -2.45. The van der Waals surface area contributed by atoms with Gasteiger partial charge < -0.3 is 18.1 Å². The largest absolute Gasteiger partial charge is 0.348 e. The average molecular weight is 408 g/mol. The third kappa shape index (κ3) is 5.72. The van der Waals surface area contributed by atoms with Gasteiger partial charge in [-0.05, 0) is 18.6 Å². The molecule has 1 aromatic rings. The van der Waals surface area contributed by atoms with Crippen LogP contribution < -0.4 is 10.9 Å². The maximum atomic E-state index is 12.8. The Labute approximate surface area is 153 Å². The summed E-state index contributed by atoms with van der Waals surface area (Å²) < 4.78 is 45.3. The SMILES string of the molecule is COP(=O)(OC)C(C)CC(NNC(=O)c1ccccc1)P(=O)(OC)OC. The second kappa shape index (κ2) is 10.3. The number of hydrogen-bond acceptors (Lipinski definition) is 8. The number of hydrazine groups is 1. The summed E-state index contributed by atoms with van der Waals surface area (Å²) in [7, 11) is -2.05. The maximum Gasteiger partial charge on any atom is 0.348 e. The fourth-order valence-electron chi connectivity index (χ4n) is 2.29. The Kier molecular flexibility index (Phi) is 9.13. The lowest BCUT2D eigenvalue weighted by atomic mass is 10.2. The zero-order valence-corrected chi connectivity index (χ0v) is 17.3. The Morgan fingerprint density at radius 3 is 1.92 bits per heavy atom. The van der Waals surface area contributed by atoms with Crippen LogP contribution in [0.15, 0.2) is 30.3 Å². The number of hydrogen-bond donors (Lipinski definition) is 2. The third-order valence-corrected chi connectivity index (χ3v) is 8.32. The van der Waals surface area contributed by atoms with E-state index in [0.29, 0.717) is 5.56 Å². The molecular weight excluding hydrogens is 382 g/mol. The van der Waals surface area contributed by atoms with Gasteiger partial charge in [0.1, 0.15) is 5.78 Å². The minimum atomic E-state index is -3.64. The van der Waals surface area contributed by atoms with Crippen LogP contribution in [0.5, 0.6) is 0 Å². The fourth-order valence-corrected chi connectivity index (χ4v) is 5.25. The molecule has 9 nitrogen and oxygen atoms in total. The zero-order chi connectivity index (χ0) is 19.8. The first-order valence-electron chi connectivity index (χ1n) is 7.79. The lowest BCUT2D eigenvalue weighted by Gasteiger charge is -2.29. The number of carbonyl (C=O) groups excluding carboxylic acids is 1. The van der Waals surface area contributed by atoms with E-state index in [0.717, 1.165) is 0 Å². The minimum absolute atomic E-state index is 0.0347. The minimum Gasteiger partial charge on any atom is -0.312 e. The van der Waals surface area contributed by atoms with Gasteiger partial charge in [0.15, 0.2) is 0 Å². The van der Waals surface area contributed by atoms with Gasteiger partial charge in [0.05, 0.1) is 5.66 Å². The van der Waals surface area contributed by atoms with Crippen molar-refractivity contribution in [3.63, 3.8) is 0 Å². The van der Waals surface area contributed by atoms with E-state index in [9.17, 15) is 13.9 Å². The number of benzene rings is 1. The molecule has 0 saturated heterocycles. The molecule has 2 unspecified atom stereocenters. The predicted octanol–water partition coefficient (Wildman–Crippen LogP) is 3.00. The Morgan fingerprint density at radius 1 is 0.962 bits per heavy atom. The van der Waals surface area contributed by atoms with Crippen molar-refractivity contribution >= 4 is 21.1 Å². The highest BCUT2D eigenvalue weighted by Crippen LogP contribution is 2.58. The van der Waals surface area contributed by atoms with Crippen molar-refractivity contribution in [2.75, 3.05) is 28.4 Å². The van der Waals surface area contributed by atoms with Crippen molar-refractivity contribution in [3.8, 4) is 0 Å². The zero-order valence-electron chi connectivity index (χ0n) is 15.5. The van der Waals surface area contributed by atoms with Crippen molar-refractivity contribution in [1.82, 2.24) is 10.9 Å². The standard InChI is InChI=1S/C15H26N2O7P2/c1-12(25(19,21-2)22-3)11-14(26(20,23-4)24-5)16-17-15(18)13-9-7-6-8-10-13/h6-10,12,14,16H,11H2,1-5H3,(H,17,18). The van der Waals surface area contributed by atoms with Crippen LogP contribution in [-0.2, 0) is 27.2 Å². The molecule has 26 heavy (non-hydrogen) atoms. The Morgan fingerprint density at radius 2 is 1.46 bits per heavy atom. The van der Waals surface area contributed by atoms with Crippen molar-refractivity contribution < 1.29 is 32.0 Å².